The van der Waals surface area contributed by atoms with Crippen molar-refractivity contribution in [3.05, 3.63) is 42.3 Å². The molecule has 1 aliphatic rings. The Labute approximate surface area is 160 Å². The predicted octanol–water partition coefficient (Wildman–Crippen LogP) is 2.10. The van der Waals surface area contributed by atoms with Gasteiger partial charge in [0, 0.05) is 18.5 Å². The van der Waals surface area contributed by atoms with Gasteiger partial charge in [-0.05, 0) is 23.8 Å². The number of ketones is 1. The van der Waals surface area contributed by atoms with Crippen LogP contribution in [0.2, 0.25) is 5.02 Å². The van der Waals surface area contributed by atoms with Gasteiger partial charge in [0.2, 0.25) is 0 Å². The molecule has 1 aliphatic heterocycles. The van der Waals surface area contributed by atoms with Crippen molar-refractivity contribution in [1.82, 2.24) is 4.57 Å². The third kappa shape index (κ3) is 3.71. The first-order valence-electron chi connectivity index (χ1n) is 8.19. The largest absolute Gasteiger partial charge is 0.486 e. The number of carbonyl (C=O) groups is 1. The van der Waals surface area contributed by atoms with E-state index in [4.69, 9.17) is 21.1 Å². The Morgan fingerprint density at radius 3 is 2.65 bits per heavy atom. The lowest BCUT2D eigenvalue weighted by atomic mass is 9.91. The maximum absolute atomic E-state index is 12.5. The first-order chi connectivity index (χ1) is 12.2. The summed E-state index contributed by atoms with van der Waals surface area (Å²) in [6.45, 7) is 6.47. The summed E-state index contributed by atoms with van der Waals surface area (Å²) in [6, 6.07) is 3.53. The number of nitrogens with zero attached hydrogens (tertiary/aromatic N) is 1. The van der Waals surface area contributed by atoms with E-state index < -0.39 is 5.41 Å². The van der Waals surface area contributed by atoms with Gasteiger partial charge in [-0.25, -0.2) is 0 Å². The molecule has 3 rings (SSSR count). The van der Waals surface area contributed by atoms with Crippen molar-refractivity contribution in [2.45, 2.75) is 20.8 Å². The predicted molar refractivity (Wildman–Crippen MR) is 104 cm³/mol. The van der Waals surface area contributed by atoms with Crippen LogP contribution < -0.4 is 24.2 Å². The smallest absolute Gasteiger partial charge is 0.268 e. The van der Waals surface area contributed by atoms with Crippen molar-refractivity contribution in [2.24, 2.45) is 12.5 Å². The summed E-state index contributed by atoms with van der Waals surface area (Å²) in [7, 11) is 1.66. The maximum atomic E-state index is 12.5. The third-order valence-electron chi connectivity index (χ3n) is 3.97. The molecule has 0 amide bonds. The van der Waals surface area contributed by atoms with E-state index in [1.165, 1.54) is 22.0 Å². The number of hydrogen-bond acceptors (Lipinski definition) is 5. The zero-order valence-electron chi connectivity index (χ0n) is 15.1. The number of hydrogen-bond donors (Lipinski definition) is 0. The molecule has 0 saturated carbocycles. The van der Waals surface area contributed by atoms with Crippen LogP contribution in [0, 0.1) is 5.41 Å². The van der Waals surface area contributed by atoms with Crippen LogP contribution in [-0.2, 0) is 11.8 Å². The number of carbonyl (C=O) groups excluding carboxylic acids is 1. The standard InChI is InChI=1S/C19H20ClNO4S/c1-19(2,3)15(22)10-16-21(4)18(23)14(26-16)9-11-7-12(20)17-13(8-11)24-5-6-25-17/h7-10H,5-6H2,1-4H3/b14-9-,16-10-. The molecule has 2 aromatic rings. The van der Waals surface area contributed by atoms with E-state index in [0.717, 1.165) is 5.56 Å². The molecule has 138 valence electrons. The lowest BCUT2D eigenvalue weighted by Gasteiger charge is -2.19. The van der Waals surface area contributed by atoms with Crippen LogP contribution in [0.4, 0.5) is 0 Å². The summed E-state index contributed by atoms with van der Waals surface area (Å²) >= 11 is 7.53. The molecule has 0 N–H and O–H groups in total. The van der Waals surface area contributed by atoms with Gasteiger partial charge in [-0.2, -0.15) is 0 Å². The van der Waals surface area contributed by atoms with Crippen molar-refractivity contribution in [1.29, 1.82) is 0 Å². The van der Waals surface area contributed by atoms with Crippen molar-refractivity contribution in [2.75, 3.05) is 13.2 Å². The van der Waals surface area contributed by atoms with E-state index in [1.54, 1.807) is 25.3 Å². The van der Waals surface area contributed by atoms with Gasteiger partial charge in [-0.15, -0.1) is 11.3 Å². The summed E-state index contributed by atoms with van der Waals surface area (Å²) in [5.41, 5.74) is 0.0914. The molecule has 26 heavy (non-hydrogen) atoms. The number of aromatic nitrogens is 1. The Hall–Kier alpha value is -2.05. The summed E-state index contributed by atoms with van der Waals surface area (Å²) < 4.78 is 13.7. The van der Waals surface area contributed by atoms with Gasteiger partial charge in [0.15, 0.2) is 17.3 Å². The van der Waals surface area contributed by atoms with Crippen LogP contribution in [-0.4, -0.2) is 23.6 Å². The van der Waals surface area contributed by atoms with E-state index in [-0.39, 0.29) is 11.3 Å². The fourth-order valence-electron chi connectivity index (χ4n) is 2.40. The molecular weight excluding hydrogens is 374 g/mol. The van der Waals surface area contributed by atoms with Crippen LogP contribution in [0.25, 0.3) is 12.2 Å². The molecule has 0 atom stereocenters. The first kappa shape index (κ1) is 18.7. The highest BCUT2D eigenvalue weighted by molar-refractivity contribution is 7.07. The second-order valence-corrected chi connectivity index (χ2v) is 8.57. The Morgan fingerprint density at radius 2 is 1.96 bits per heavy atom. The first-order valence-corrected chi connectivity index (χ1v) is 9.39. The summed E-state index contributed by atoms with van der Waals surface area (Å²) in [5, 5.41) is 0.441. The van der Waals surface area contributed by atoms with Gasteiger partial charge in [-0.1, -0.05) is 32.4 Å². The monoisotopic (exact) mass is 393 g/mol. The minimum atomic E-state index is -0.493. The minimum Gasteiger partial charge on any atom is -0.486 e. The molecule has 0 saturated heterocycles. The second-order valence-electron chi connectivity index (χ2n) is 7.10. The lowest BCUT2D eigenvalue weighted by molar-refractivity contribution is -0.120. The van der Waals surface area contributed by atoms with Crippen LogP contribution in [0.1, 0.15) is 26.3 Å². The van der Waals surface area contributed by atoms with E-state index in [2.05, 4.69) is 0 Å². The van der Waals surface area contributed by atoms with Crippen molar-refractivity contribution in [3.63, 3.8) is 0 Å². The number of Topliss-reactive ketones (excluding diaryl/α,β-unsaturated/α-hetero) is 1. The molecule has 1 aromatic heterocycles. The van der Waals surface area contributed by atoms with Gasteiger partial charge < -0.3 is 14.0 Å². The molecule has 7 heteroatoms. The summed E-state index contributed by atoms with van der Waals surface area (Å²) in [4.78, 5) is 24.8. The topological polar surface area (TPSA) is 57.5 Å². The van der Waals surface area contributed by atoms with Gasteiger partial charge in [0.25, 0.3) is 5.56 Å². The fourth-order valence-corrected chi connectivity index (χ4v) is 3.71. The highest BCUT2D eigenvalue weighted by Gasteiger charge is 2.19. The highest BCUT2D eigenvalue weighted by atomic mass is 35.5. The second kappa shape index (κ2) is 6.93. The molecule has 0 fully saturated rings. The Morgan fingerprint density at radius 1 is 1.27 bits per heavy atom. The highest BCUT2D eigenvalue weighted by Crippen LogP contribution is 2.38. The lowest BCUT2D eigenvalue weighted by Crippen LogP contribution is -2.30. The Bertz CT molecular complexity index is 1040. The molecule has 1 aromatic carbocycles. The Balaban J connectivity index is 2.10. The summed E-state index contributed by atoms with van der Waals surface area (Å²) in [6.07, 6.45) is 3.27. The van der Waals surface area contributed by atoms with Gasteiger partial charge in [0.05, 0.1) is 9.55 Å². The van der Waals surface area contributed by atoms with Gasteiger partial charge in [-0.3, -0.25) is 9.59 Å². The average Bonchev–Trinajstić information content (AvgIpc) is 2.82. The molecule has 5 nitrogen and oxygen atoms in total. The molecule has 0 unspecified atom stereocenters. The SMILES string of the molecule is Cn1c(=O)/c(=C/c2cc(Cl)c3c(c2)OCCO3)s/c1=C\C(=O)C(C)(C)C. The molecule has 0 bridgehead atoms. The molecule has 0 aliphatic carbocycles. The van der Waals surface area contributed by atoms with Crippen LogP contribution in [0.15, 0.2) is 16.9 Å². The molecule has 2 heterocycles. The number of benzene rings is 1. The number of rotatable bonds is 2. The number of thiazole rings is 1. The van der Waals surface area contributed by atoms with Gasteiger partial charge >= 0.3 is 0 Å². The van der Waals surface area contributed by atoms with E-state index >= 15 is 0 Å². The Kier molecular flexibility index (Phi) is 4.99. The molecule has 0 spiro atoms. The quantitative estimate of drug-likeness (QED) is 0.784. The van der Waals surface area contributed by atoms with Crippen molar-refractivity contribution in [3.8, 4) is 11.5 Å². The van der Waals surface area contributed by atoms with E-state index in [9.17, 15) is 9.59 Å². The minimum absolute atomic E-state index is 0.0247. The van der Waals surface area contributed by atoms with Crippen molar-refractivity contribution < 1.29 is 14.3 Å². The van der Waals surface area contributed by atoms with Gasteiger partial charge in [0.1, 0.15) is 17.9 Å². The number of halogens is 1. The maximum Gasteiger partial charge on any atom is 0.268 e. The zero-order valence-corrected chi connectivity index (χ0v) is 16.7. The zero-order chi connectivity index (χ0) is 19.1. The normalized spacial score (nSPS) is 15.4. The van der Waals surface area contributed by atoms with Crippen molar-refractivity contribution >= 4 is 40.9 Å². The average molecular weight is 394 g/mol. The number of fused-ring (bicyclic) bond motifs is 1. The molecule has 0 radical (unpaired) electrons. The van der Waals surface area contributed by atoms with E-state index in [0.29, 0.717) is 38.9 Å². The fraction of sp³-hybridized carbons (Fsp3) is 0.368. The van der Waals surface area contributed by atoms with Crippen LogP contribution in [0.5, 0.6) is 11.5 Å². The van der Waals surface area contributed by atoms with Crippen LogP contribution in [0.3, 0.4) is 0 Å². The third-order valence-corrected chi connectivity index (χ3v) is 5.37. The number of ether oxygens (including phenoxy) is 2. The van der Waals surface area contributed by atoms with E-state index in [1.807, 2.05) is 20.8 Å². The van der Waals surface area contributed by atoms with Crippen LogP contribution >= 0.6 is 22.9 Å². The summed E-state index contributed by atoms with van der Waals surface area (Å²) in [5.74, 6) is 1.07. The molecular formula is C19H20ClNO4S.